The molecule has 3 rings (SSSR count). The van der Waals surface area contributed by atoms with Gasteiger partial charge in [-0.1, -0.05) is 23.9 Å². The fraction of sp³-hybridized carbons (Fsp3) is 0.280. The molecule has 1 aromatic carbocycles. The van der Waals surface area contributed by atoms with Crippen LogP contribution in [0.15, 0.2) is 40.3 Å². The number of hydrogen-bond acceptors (Lipinski definition) is 7. The monoisotopic (exact) mass is 490 g/mol. The summed E-state index contributed by atoms with van der Waals surface area (Å²) in [5.41, 5.74) is 9.61. The highest BCUT2D eigenvalue weighted by Crippen LogP contribution is 2.20. The van der Waals surface area contributed by atoms with Crippen molar-refractivity contribution in [1.29, 1.82) is 5.26 Å². The van der Waals surface area contributed by atoms with Crippen molar-refractivity contribution >= 4 is 23.6 Å². The molecule has 0 saturated carbocycles. The molecule has 0 saturated heterocycles. The normalized spacial score (nSPS) is 10.5. The van der Waals surface area contributed by atoms with Crippen LogP contribution in [0.3, 0.4) is 0 Å². The van der Waals surface area contributed by atoms with E-state index in [0.717, 1.165) is 22.5 Å². The highest BCUT2D eigenvalue weighted by Gasteiger charge is 2.14. The van der Waals surface area contributed by atoms with Crippen molar-refractivity contribution in [3.05, 3.63) is 85.6 Å². The van der Waals surface area contributed by atoms with Crippen LogP contribution in [-0.2, 0) is 17.0 Å². The summed E-state index contributed by atoms with van der Waals surface area (Å²) in [4.78, 5) is 47.9. The number of nitriles is 1. The number of aromatic nitrogens is 3. The molecule has 0 bridgehead atoms. The number of amides is 2. The van der Waals surface area contributed by atoms with Gasteiger partial charge in [-0.3, -0.25) is 25.2 Å². The van der Waals surface area contributed by atoms with Gasteiger partial charge in [-0.05, 0) is 69.0 Å². The van der Waals surface area contributed by atoms with Gasteiger partial charge < -0.3 is 4.98 Å². The average molecular weight is 491 g/mol. The van der Waals surface area contributed by atoms with Crippen LogP contribution in [0.4, 0.5) is 0 Å². The van der Waals surface area contributed by atoms with Crippen molar-refractivity contribution in [1.82, 2.24) is 25.8 Å². The van der Waals surface area contributed by atoms with E-state index in [4.69, 9.17) is 5.26 Å². The van der Waals surface area contributed by atoms with Gasteiger partial charge >= 0.3 is 0 Å². The SMILES string of the molecule is Cc1cc(C)nc(SCc2ccc(C(=O)NNC(=O)CCc3c(C)[nH]c(=O)c(C#N)c3C)cc2)n1. The van der Waals surface area contributed by atoms with Crippen LogP contribution in [0, 0.1) is 39.0 Å². The number of carbonyl (C=O) groups excluding carboxylic acids is 2. The number of hydrazine groups is 1. The number of thioether (sulfide) groups is 1. The molecule has 3 N–H and O–H groups in total. The molecule has 0 aliphatic carbocycles. The van der Waals surface area contributed by atoms with Gasteiger partial charge in [-0.25, -0.2) is 9.97 Å². The smallest absolute Gasteiger partial charge is 0.269 e. The lowest BCUT2D eigenvalue weighted by Gasteiger charge is -2.11. The predicted molar refractivity (Wildman–Crippen MR) is 133 cm³/mol. The summed E-state index contributed by atoms with van der Waals surface area (Å²) in [6.45, 7) is 7.27. The van der Waals surface area contributed by atoms with E-state index >= 15 is 0 Å². The van der Waals surface area contributed by atoms with Gasteiger partial charge in [0.2, 0.25) is 5.91 Å². The Morgan fingerprint density at radius 1 is 1.06 bits per heavy atom. The number of rotatable bonds is 7. The van der Waals surface area contributed by atoms with Crippen LogP contribution in [-0.4, -0.2) is 26.8 Å². The van der Waals surface area contributed by atoms with E-state index in [0.29, 0.717) is 34.2 Å². The first kappa shape index (κ1) is 25.6. The van der Waals surface area contributed by atoms with Crippen molar-refractivity contribution < 1.29 is 9.59 Å². The van der Waals surface area contributed by atoms with Gasteiger partial charge in [0, 0.05) is 34.8 Å². The molecule has 0 fully saturated rings. The van der Waals surface area contributed by atoms with Crippen LogP contribution in [0.1, 0.15) is 56.1 Å². The summed E-state index contributed by atoms with van der Waals surface area (Å²) < 4.78 is 0. The second-order valence-corrected chi connectivity index (χ2v) is 9.03. The van der Waals surface area contributed by atoms with Gasteiger partial charge in [0.15, 0.2) is 5.16 Å². The van der Waals surface area contributed by atoms with Gasteiger partial charge in [-0.2, -0.15) is 5.26 Å². The lowest BCUT2D eigenvalue weighted by atomic mass is 9.99. The Morgan fingerprint density at radius 2 is 1.71 bits per heavy atom. The second-order valence-electron chi connectivity index (χ2n) is 8.09. The van der Waals surface area contributed by atoms with E-state index in [-0.39, 0.29) is 17.9 Å². The van der Waals surface area contributed by atoms with E-state index in [2.05, 4.69) is 25.8 Å². The molecular formula is C25H26N6O3S. The van der Waals surface area contributed by atoms with Crippen molar-refractivity contribution in [3.8, 4) is 6.07 Å². The number of pyridine rings is 1. The van der Waals surface area contributed by atoms with Crippen LogP contribution in [0.25, 0.3) is 0 Å². The number of H-pyrrole nitrogens is 1. The fourth-order valence-electron chi connectivity index (χ4n) is 3.58. The Kier molecular flexibility index (Phi) is 8.39. The molecule has 2 amide bonds. The number of aromatic amines is 1. The van der Waals surface area contributed by atoms with Crippen LogP contribution >= 0.6 is 11.8 Å². The van der Waals surface area contributed by atoms with Crippen molar-refractivity contribution in [2.75, 3.05) is 0 Å². The Labute approximate surface area is 207 Å². The number of hydrogen-bond donors (Lipinski definition) is 3. The highest BCUT2D eigenvalue weighted by molar-refractivity contribution is 7.98. The Morgan fingerprint density at radius 3 is 2.34 bits per heavy atom. The first-order valence-corrected chi connectivity index (χ1v) is 11.9. The standard InChI is InChI=1S/C25H26N6O3S/c1-14-11-15(2)28-25(27-14)35-13-18-5-7-19(8-6-18)23(33)31-30-22(32)10-9-20-16(3)21(12-26)24(34)29-17(20)4/h5-8,11H,9-10,13H2,1-4H3,(H,29,34)(H,30,32)(H,31,33). The molecule has 180 valence electrons. The highest BCUT2D eigenvalue weighted by atomic mass is 32.2. The van der Waals surface area contributed by atoms with E-state index in [1.54, 1.807) is 26.0 Å². The zero-order chi connectivity index (χ0) is 25.5. The largest absolute Gasteiger partial charge is 0.325 e. The lowest BCUT2D eigenvalue weighted by Crippen LogP contribution is -2.41. The lowest BCUT2D eigenvalue weighted by molar-refractivity contribution is -0.121. The minimum Gasteiger partial charge on any atom is -0.325 e. The maximum Gasteiger partial charge on any atom is 0.269 e. The third kappa shape index (κ3) is 6.77. The summed E-state index contributed by atoms with van der Waals surface area (Å²) >= 11 is 1.52. The number of benzene rings is 1. The molecule has 0 aliphatic heterocycles. The van der Waals surface area contributed by atoms with E-state index in [1.807, 2.05) is 38.1 Å². The summed E-state index contributed by atoms with van der Waals surface area (Å²) in [7, 11) is 0. The van der Waals surface area contributed by atoms with Crippen molar-refractivity contribution in [2.24, 2.45) is 0 Å². The van der Waals surface area contributed by atoms with Gasteiger partial charge in [0.25, 0.3) is 11.5 Å². The van der Waals surface area contributed by atoms with Crippen LogP contribution in [0.2, 0.25) is 0 Å². The number of aryl methyl sites for hydroxylation is 3. The molecule has 9 nitrogen and oxygen atoms in total. The van der Waals surface area contributed by atoms with Crippen molar-refractivity contribution in [3.63, 3.8) is 0 Å². The quantitative estimate of drug-likeness (QED) is 0.263. The molecule has 0 atom stereocenters. The summed E-state index contributed by atoms with van der Waals surface area (Å²) in [5, 5.41) is 9.87. The third-order valence-electron chi connectivity index (χ3n) is 5.38. The second kappa shape index (κ2) is 11.4. The predicted octanol–water partition coefficient (Wildman–Crippen LogP) is 2.96. The zero-order valence-corrected chi connectivity index (χ0v) is 20.8. The molecule has 0 spiro atoms. The zero-order valence-electron chi connectivity index (χ0n) is 20.0. The van der Waals surface area contributed by atoms with E-state index in [9.17, 15) is 14.4 Å². The minimum atomic E-state index is -0.439. The van der Waals surface area contributed by atoms with E-state index in [1.165, 1.54) is 11.8 Å². The molecule has 3 aromatic rings. The van der Waals surface area contributed by atoms with Crippen LogP contribution < -0.4 is 16.4 Å². The molecule has 2 heterocycles. The average Bonchev–Trinajstić information content (AvgIpc) is 2.81. The summed E-state index contributed by atoms with van der Waals surface area (Å²) in [5.74, 6) is -0.153. The molecule has 0 radical (unpaired) electrons. The Bertz CT molecular complexity index is 1340. The fourth-order valence-corrected chi connectivity index (χ4v) is 4.48. The Hall–Kier alpha value is -3.97. The maximum atomic E-state index is 12.4. The van der Waals surface area contributed by atoms with Crippen molar-refractivity contribution in [2.45, 2.75) is 51.4 Å². The number of carbonyl (C=O) groups is 2. The van der Waals surface area contributed by atoms with E-state index < -0.39 is 11.5 Å². The number of nitrogens with zero attached hydrogens (tertiary/aromatic N) is 3. The van der Waals surface area contributed by atoms with Gasteiger partial charge in [0.1, 0.15) is 11.6 Å². The van der Waals surface area contributed by atoms with Gasteiger partial charge in [0.05, 0.1) is 0 Å². The molecule has 0 aliphatic rings. The first-order valence-electron chi connectivity index (χ1n) is 10.9. The Balaban J connectivity index is 1.50. The molecule has 2 aromatic heterocycles. The summed E-state index contributed by atoms with van der Waals surface area (Å²) in [6, 6.07) is 10.9. The number of nitrogens with one attached hydrogen (secondary N) is 3. The van der Waals surface area contributed by atoms with Crippen LogP contribution in [0.5, 0.6) is 0 Å². The molecule has 35 heavy (non-hydrogen) atoms. The summed E-state index contributed by atoms with van der Waals surface area (Å²) in [6.07, 6.45) is 0.400. The third-order valence-corrected chi connectivity index (χ3v) is 6.30. The minimum absolute atomic E-state index is 0.0441. The molecule has 0 unspecified atom stereocenters. The maximum absolute atomic E-state index is 12.4. The molecular weight excluding hydrogens is 464 g/mol. The first-order chi connectivity index (χ1) is 16.7. The van der Waals surface area contributed by atoms with Gasteiger partial charge in [-0.15, -0.1) is 0 Å². The molecule has 10 heteroatoms. The topological polar surface area (TPSA) is 141 Å².